The Kier molecular flexibility index (Phi) is 5.31. The van der Waals surface area contributed by atoms with Gasteiger partial charge in [-0.25, -0.2) is 0 Å². The van der Waals surface area contributed by atoms with Crippen LogP contribution in [0, 0.1) is 0 Å². The molecule has 0 amide bonds. The van der Waals surface area contributed by atoms with Crippen molar-refractivity contribution >= 4 is 53.0 Å². The van der Waals surface area contributed by atoms with Gasteiger partial charge in [0, 0.05) is 34.0 Å². The molecule has 1 aliphatic heterocycles. The summed E-state index contributed by atoms with van der Waals surface area (Å²) in [5.41, 5.74) is 1.69. The molecule has 0 bridgehead atoms. The molecule has 1 aliphatic rings. The van der Waals surface area contributed by atoms with Gasteiger partial charge in [0.15, 0.2) is 5.78 Å². The number of nitrogens with one attached hydrogen (secondary N) is 1. The normalized spacial score (nSPS) is 19.3. The Morgan fingerprint density at radius 1 is 0.950 bits per heavy atom. The Morgan fingerprint density at radius 2 is 1.45 bits per heavy atom. The lowest BCUT2D eigenvalue weighted by molar-refractivity contribution is -0.112. The number of thiophene rings is 2. The monoisotopic (exact) mass is 323 g/mol. The second-order valence-electron chi connectivity index (χ2n) is 4.30. The number of hydrogen-bond donors (Lipinski definition) is 1. The molecule has 1 saturated heterocycles. The summed E-state index contributed by atoms with van der Waals surface area (Å²) in [4.78, 5) is 14.7. The highest BCUT2D eigenvalue weighted by Gasteiger charge is 2.20. The van der Waals surface area contributed by atoms with Crippen LogP contribution in [0.4, 0.5) is 0 Å². The average molecular weight is 324 g/mol. The Labute approximate surface area is 132 Å². The van der Waals surface area contributed by atoms with Gasteiger partial charge < -0.3 is 5.32 Å². The van der Waals surface area contributed by atoms with E-state index in [0.717, 1.165) is 20.9 Å². The average Bonchev–Trinajstić information content (AvgIpc) is 3.07. The van der Waals surface area contributed by atoms with Crippen molar-refractivity contribution in [3.8, 4) is 0 Å². The summed E-state index contributed by atoms with van der Waals surface area (Å²) in [6.45, 7) is 1.30. The van der Waals surface area contributed by atoms with Gasteiger partial charge in [0.05, 0.1) is 0 Å². The van der Waals surface area contributed by atoms with E-state index < -0.39 is 0 Å². The first kappa shape index (κ1) is 15.2. The van der Waals surface area contributed by atoms with Crippen molar-refractivity contribution in [2.75, 3.05) is 13.1 Å². The zero-order valence-corrected chi connectivity index (χ0v) is 13.1. The predicted octanol–water partition coefficient (Wildman–Crippen LogP) is 3.87. The number of piperidine rings is 1. The van der Waals surface area contributed by atoms with Crippen LogP contribution in [-0.2, 0) is 4.79 Å². The Bertz CT molecular complexity index is 573. The van der Waals surface area contributed by atoms with Crippen LogP contribution in [0.3, 0.4) is 0 Å². The molecule has 2 aromatic rings. The Morgan fingerprint density at radius 3 is 1.85 bits per heavy atom. The zero-order valence-electron chi connectivity index (χ0n) is 10.7. The minimum absolute atomic E-state index is 0. The van der Waals surface area contributed by atoms with Crippen LogP contribution in [0.25, 0.3) is 12.2 Å². The van der Waals surface area contributed by atoms with Gasteiger partial charge in [0.25, 0.3) is 0 Å². The zero-order chi connectivity index (χ0) is 13.1. The summed E-state index contributed by atoms with van der Waals surface area (Å²) in [5, 5.41) is 7.34. The summed E-state index contributed by atoms with van der Waals surface area (Å²) in [6.07, 6.45) is 3.98. The molecule has 1 fully saturated rings. The van der Waals surface area contributed by atoms with Crippen molar-refractivity contribution in [3.05, 3.63) is 55.9 Å². The first-order valence-electron chi connectivity index (χ1n) is 6.06. The molecule has 2 aromatic heterocycles. The fraction of sp³-hybridized carbons (Fsp3) is 0.133. The van der Waals surface area contributed by atoms with Gasteiger partial charge in [0.2, 0.25) is 0 Å². The summed E-state index contributed by atoms with van der Waals surface area (Å²) in [5.74, 6) is 0.167. The molecular weight excluding hydrogens is 310 g/mol. The van der Waals surface area contributed by atoms with Crippen LogP contribution >= 0.6 is 35.1 Å². The van der Waals surface area contributed by atoms with Gasteiger partial charge in [-0.05, 0) is 35.0 Å². The molecule has 2 nitrogen and oxygen atoms in total. The van der Waals surface area contributed by atoms with Crippen LogP contribution in [0.1, 0.15) is 9.75 Å². The van der Waals surface area contributed by atoms with E-state index in [1.54, 1.807) is 22.7 Å². The van der Waals surface area contributed by atoms with Gasteiger partial charge in [-0.3, -0.25) is 4.79 Å². The molecular formula is C15H14ClNOS2. The molecule has 0 atom stereocenters. The minimum atomic E-state index is 0. The molecule has 3 heterocycles. The molecule has 0 radical (unpaired) electrons. The lowest BCUT2D eigenvalue weighted by Gasteiger charge is -2.17. The molecule has 104 valence electrons. The number of Topliss-reactive ketones (excluding diaryl/α,β-unsaturated/α-hetero) is 1. The van der Waals surface area contributed by atoms with Gasteiger partial charge in [-0.1, -0.05) is 12.1 Å². The van der Waals surface area contributed by atoms with E-state index in [2.05, 4.69) is 5.32 Å². The minimum Gasteiger partial charge on any atom is -0.308 e. The standard InChI is InChI=1S/C15H13NOS2.ClH/c17-15-11(7-13-3-1-5-18-13)9-16-10-12(15)8-14-4-2-6-19-14;/h1-8,16H,9-10H2;1H/b11-7-,12-8+;. The largest absolute Gasteiger partial charge is 0.308 e. The number of carbonyl (C=O) groups excluding carboxylic acids is 1. The summed E-state index contributed by atoms with van der Waals surface area (Å²) < 4.78 is 0. The third-order valence-corrected chi connectivity index (χ3v) is 4.57. The predicted molar refractivity (Wildman–Crippen MR) is 89.7 cm³/mol. The van der Waals surface area contributed by atoms with Crippen molar-refractivity contribution in [2.24, 2.45) is 0 Å². The number of ketones is 1. The van der Waals surface area contributed by atoms with Crippen LogP contribution in [0.15, 0.2) is 46.2 Å². The first-order valence-corrected chi connectivity index (χ1v) is 7.82. The van der Waals surface area contributed by atoms with Gasteiger partial charge in [-0.2, -0.15) is 0 Å². The second-order valence-corrected chi connectivity index (χ2v) is 6.26. The molecule has 0 saturated carbocycles. The summed E-state index contributed by atoms with van der Waals surface area (Å²) in [7, 11) is 0. The third kappa shape index (κ3) is 3.46. The maximum Gasteiger partial charge on any atom is 0.187 e. The SMILES string of the molecule is Cl.O=C1/C(=C\c2cccs2)CNC/C1=C\c1cccs1. The van der Waals surface area contributed by atoms with Gasteiger partial charge in [-0.15, -0.1) is 35.1 Å². The molecule has 0 aromatic carbocycles. The van der Waals surface area contributed by atoms with Crippen molar-refractivity contribution in [2.45, 2.75) is 0 Å². The molecule has 0 spiro atoms. The van der Waals surface area contributed by atoms with Crippen molar-refractivity contribution in [3.63, 3.8) is 0 Å². The number of carbonyl (C=O) groups is 1. The van der Waals surface area contributed by atoms with Crippen LogP contribution < -0.4 is 5.32 Å². The van der Waals surface area contributed by atoms with Crippen LogP contribution in [0.2, 0.25) is 0 Å². The Hall–Kier alpha value is -1.20. The Balaban J connectivity index is 0.00000147. The highest BCUT2D eigenvalue weighted by Crippen LogP contribution is 2.20. The van der Waals surface area contributed by atoms with Crippen LogP contribution in [0.5, 0.6) is 0 Å². The number of rotatable bonds is 2. The maximum atomic E-state index is 12.4. The van der Waals surface area contributed by atoms with E-state index >= 15 is 0 Å². The van der Waals surface area contributed by atoms with E-state index in [4.69, 9.17) is 0 Å². The molecule has 0 unspecified atom stereocenters. The van der Waals surface area contributed by atoms with Gasteiger partial charge in [0.1, 0.15) is 0 Å². The van der Waals surface area contributed by atoms with Crippen molar-refractivity contribution in [1.29, 1.82) is 0 Å². The van der Waals surface area contributed by atoms with E-state index in [-0.39, 0.29) is 18.2 Å². The lowest BCUT2D eigenvalue weighted by atomic mass is 9.98. The number of hydrogen-bond acceptors (Lipinski definition) is 4. The van der Waals surface area contributed by atoms with Crippen LogP contribution in [-0.4, -0.2) is 18.9 Å². The molecule has 5 heteroatoms. The van der Waals surface area contributed by atoms with Gasteiger partial charge >= 0.3 is 0 Å². The summed E-state index contributed by atoms with van der Waals surface area (Å²) in [6, 6.07) is 8.06. The molecule has 3 rings (SSSR count). The lowest BCUT2D eigenvalue weighted by Crippen LogP contribution is -2.32. The fourth-order valence-corrected chi connectivity index (χ4v) is 3.39. The topological polar surface area (TPSA) is 29.1 Å². The highest BCUT2D eigenvalue weighted by atomic mass is 35.5. The third-order valence-electron chi connectivity index (χ3n) is 2.93. The first-order chi connectivity index (χ1) is 9.33. The quantitative estimate of drug-likeness (QED) is 0.850. The van der Waals surface area contributed by atoms with E-state index in [0.29, 0.717) is 13.1 Å². The van der Waals surface area contributed by atoms with Crippen molar-refractivity contribution in [1.82, 2.24) is 5.32 Å². The highest BCUT2D eigenvalue weighted by molar-refractivity contribution is 7.11. The van der Waals surface area contributed by atoms with E-state index in [1.165, 1.54) is 0 Å². The van der Waals surface area contributed by atoms with E-state index in [9.17, 15) is 4.79 Å². The van der Waals surface area contributed by atoms with E-state index in [1.807, 2.05) is 47.2 Å². The second kappa shape index (κ2) is 6.99. The smallest absolute Gasteiger partial charge is 0.187 e. The van der Waals surface area contributed by atoms with Crippen molar-refractivity contribution < 1.29 is 4.79 Å². The molecule has 0 aliphatic carbocycles. The molecule has 20 heavy (non-hydrogen) atoms. The number of halogens is 1. The fourth-order valence-electron chi connectivity index (χ4n) is 2.02. The maximum absolute atomic E-state index is 12.4. The molecule has 1 N–H and O–H groups in total. The summed E-state index contributed by atoms with van der Waals surface area (Å²) >= 11 is 3.30.